The third-order valence-electron chi connectivity index (χ3n) is 12.0. The predicted octanol–water partition coefficient (Wildman–Crippen LogP) is 11.8. The summed E-state index contributed by atoms with van der Waals surface area (Å²) in [4.78, 5) is 26.4. The number of carbonyl (C=O) groups excluding carboxylic acids is 2. The fourth-order valence-electron chi connectivity index (χ4n) is 7.68. The minimum atomic E-state index is -1.64. The first-order valence-corrected chi connectivity index (χ1v) is 27.2. The second-order valence-electron chi connectivity index (χ2n) is 18.3. The fourth-order valence-corrected chi connectivity index (χ4v) is 7.68. The number of nitrogens with one attached hydrogen (secondary N) is 1. The van der Waals surface area contributed by atoms with Crippen LogP contribution in [0.3, 0.4) is 0 Å². The van der Waals surface area contributed by atoms with Crippen LogP contribution in [0.4, 0.5) is 0 Å². The van der Waals surface area contributed by atoms with Crippen molar-refractivity contribution in [3.8, 4) is 0 Å². The quantitative estimate of drug-likeness (QED) is 0.0149. The number of esters is 1. The van der Waals surface area contributed by atoms with Crippen LogP contribution < -0.4 is 5.32 Å². The first-order valence-electron chi connectivity index (χ1n) is 27.2. The lowest BCUT2D eigenvalue weighted by Crippen LogP contribution is -2.61. The molecule has 1 aliphatic heterocycles. The molecule has 1 saturated heterocycles. The van der Waals surface area contributed by atoms with Gasteiger partial charge in [0.25, 0.3) is 0 Å². The van der Waals surface area contributed by atoms with Crippen LogP contribution in [0, 0.1) is 0 Å². The number of ether oxygens (including phenoxy) is 3. The van der Waals surface area contributed by atoms with E-state index in [-0.39, 0.29) is 19.4 Å². The summed E-state index contributed by atoms with van der Waals surface area (Å²) in [6.07, 6.45) is 51.5. The second-order valence-corrected chi connectivity index (χ2v) is 18.3. The molecule has 0 aromatic heterocycles. The van der Waals surface area contributed by atoms with E-state index in [2.05, 4.69) is 86.8 Å². The van der Waals surface area contributed by atoms with Gasteiger partial charge in [0, 0.05) is 6.42 Å². The van der Waals surface area contributed by atoms with E-state index >= 15 is 0 Å². The largest absolute Gasteiger partial charge is 0.454 e. The van der Waals surface area contributed by atoms with Crippen molar-refractivity contribution in [2.45, 2.75) is 237 Å². The maximum absolute atomic E-state index is 13.3. The Morgan fingerprint density at radius 3 is 1.67 bits per heavy atom. The number of unbranched alkanes of at least 4 members (excludes halogenated alkanes) is 15. The molecule has 1 heterocycles. The molecule has 11 heteroatoms. The lowest BCUT2D eigenvalue weighted by Gasteiger charge is -2.41. The van der Waals surface area contributed by atoms with Crippen LogP contribution in [0.25, 0.3) is 0 Å². The van der Waals surface area contributed by atoms with Crippen LogP contribution >= 0.6 is 0 Å². The van der Waals surface area contributed by atoms with E-state index in [0.717, 1.165) is 96.3 Å². The molecule has 0 aliphatic carbocycles. The van der Waals surface area contributed by atoms with E-state index in [4.69, 9.17) is 14.2 Å². The van der Waals surface area contributed by atoms with Gasteiger partial charge in [-0.15, -0.1) is 0 Å². The van der Waals surface area contributed by atoms with Crippen molar-refractivity contribution in [2.75, 3.05) is 13.2 Å². The number of carbonyl (C=O) groups is 2. The Morgan fingerprint density at radius 2 is 1.10 bits per heavy atom. The van der Waals surface area contributed by atoms with E-state index in [1.807, 2.05) is 42.5 Å². The predicted molar refractivity (Wildman–Crippen MR) is 287 cm³/mol. The summed E-state index contributed by atoms with van der Waals surface area (Å²) in [5.74, 6) is -1.29. The van der Waals surface area contributed by atoms with Gasteiger partial charge >= 0.3 is 5.97 Å². The van der Waals surface area contributed by atoms with Crippen molar-refractivity contribution in [1.29, 1.82) is 0 Å². The molecule has 8 atom stereocenters. The zero-order valence-electron chi connectivity index (χ0n) is 43.6. The molecule has 0 aromatic rings. The molecule has 11 nitrogen and oxygen atoms in total. The minimum absolute atomic E-state index is 0.0875. The number of rotatable bonds is 43. The molecule has 0 saturated carbocycles. The summed E-state index contributed by atoms with van der Waals surface area (Å²) in [6.45, 7) is 5.45. The Hall–Kier alpha value is -3.68. The Labute approximate surface area is 424 Å². The van der Waals surface area contributed by atoms with Crippen LogP contribution in [0.15, 0.2) is 109 Å². The highest BCUT2D eigenvalue weighted by Crippen LogP contribution is 2.26. The van der Waals surface area contributed by atoms with Crippen molar-refractivity contribution in [2.24, 2.45) is 0 Å². The van der Waals surface area contributed by atoms with Crippen molar-refractivity contribution in [1.82, 2.24) is 5.32 Å². The molecule has 0 spiro atoms. The molecule has 1 fully saturated rings. The van der Waals surface area contributed by atoms with Gasteiger partial charge in [-0.25, -0.2) is 0 Å². The highest BCUT2D eigenvalue weighted by Gasteiger charge is 2.47. The minimum Gasteiger partial charge on any atom is -0.454 e. The number of aliphatic hydroxyl groups excluding tert-OH is 5. The smallest absolute Gasteiger partial charge is 0.306 e. The third kappa shape index (κ3) is 34.6. The van der Waals surface area contributed by atoms with Gasteiger partial charge in [-0.3, -0.25) is 9.59 Å². The third-order valence-corrected chi connectivity index (χ3v) is 12.0. The first-order chi connectivity index (χ1) is 34.2. The molecule has 6 N–H and O–H groups in total. The van der Waals surface area contributed by atoms with Gasteiger partial charge in [0.15, 0.2) is 12.4 Å². The lowest BCUT2D eigenvalue weighted by molar-refractivity contribution is -0.305. The number of hydrogen-bond acceptors (Lipinski definition) is 10. The molecule has 0 radical (unpaired) electrons. The molecule has 1 amide bonds. The fraction of sp³-hybridized carbons (Fsp3) is 0.661. The van der Waals surface area contributed by atoms with Gasteiger partial charge < -0.3 is 45.1 Å². The van der Waals surface area contributed by atoms with Crippen molar-refractivity contribution in [3.63, 3.8) is 0 Å². The SMILES string of the molecule is CC/C=C\C/C=C\C/C=C\C/C=C\C/C=C\CCC(O)C(=O)NC(COC1OC(CO)C(O)C(O)C1OC(=O)CCCCCCC\C=C/C=C/C=C/CC)C(O)/C=C/CCCCCCCCCCCC. The van der Waals surface area contributed by atoms with Gasteiger partial charge in [-0.1, -0.05) is 207 Å². The zero-order valence-corrected chi connectivity index (χ0v) is 43.6. The van der Waals surface area contributed by atoms with Gasteiger partial charge in [0.1, 0.15) is 24.4 Å². The van der Waals surface area contributed by atoms with E-state index in [9.17, 15) is 35.1 Å². The summed E-state index contributed by atoms with van der Waals surface area (Å²) in [7, 11) is 0. The summed E-state index contributed by atoms with van der Waals surface area (Å²) < 4.78 is 17.5. The zero-order chi connectivity index (χ0) is 51.1. The Morgan fingerprint density at radius 1 is 0.586 bits per heavy atom. The standard InChI is InChI=1S/C59H97NO10/c1-4-7-10-13-16-19-22-25-26-27-29-31-34-37-40-43-46-52(63)58(67)60-50(51(62)45-42-39-36-33-30-24-21-18-15-12-9-6-3)49-68-59-57(56(66)55(65)53(48-61)69-59)70-54(64)47-44-41-38-35-32-28-23-20-17-14-11-8-5-2/h7-8,10-11,14,16-17,19-20,23,25-26,29,31,37,40,42,45,50-53,55-57,59,61-63,65-66H,4-6,9,12-13,15,18,21-22,24,27-28,30,32-36,38-39,41,43-44,46-49H2,1-3H3,(H,60,67)/b10-7-,11-8+,17-14+,19-16-,23-20-,26-25-,31-29-,40-37-,45-42+. The molecule has 0 bridgehead atoms. The van der Waals surface area contributed by atoms with Crippen LogP contribution in [0.5, 0.6) is 0 Å². The van der Waals surface area contributed by atoms with E-state index in [0.29, 0.717) is 12.8 Å². The summed E-state index contributed by atoms with van der Waals surface area (Å²) >= 11 is 0. The number of hydrogen-bond donors (Lipinski definition) is 6. The monoisotopic (exact) mass is 980 g/mol. The number of allylic oxidation sites excluding steroid dienone is 17. The molecule has 0 aromatic carbocycles. The second kappa shape index (κ2) is 46.4. The molecular formula is C59H97NO10. The first kappa shape index (κ1) is 64.3. The molecule has 398 valence electrons. The van der Waals surface area contributed by atoms with Crippen molar-refractivity contribution < 1.29 is 49.3 Å². The summed E-state index contributed by atoms with van der Waals surface area (Å²) in [5.41, 5.74) is 0. The maximum atomic E-state index is 13.3. The summed E-state index contributed by atoms with van der Waals surface area (Å²) in [6, 6.07) is -1.06. The Balaban J connectivity index is 2.83. The molecule has 1 aliphatic rings. The Kier molecular flexibility index (Phi) is 42.6. The van der Waals surface area contributed by atoms with Gasteiger partial charge in [0.05, 0.1) is 25.4 Å². The highest BCUT2D eigenvalue weighted by molar-refractivity contribution is 5.80. The van der Waals surface area contributed by atoms with Gasteiger partial charge in [0.2, 0.25) is 5.91 Å². The van der Waals surface area contributed by atoms with Crippen molar-refractivity contribution in [3.05, 3.63) is 109 Å². The van der Waals surface area contributed by atoms with Crippen LogP contribution in [0.1, 0.15) is 188 Å². The van der Waals surface area contributed by atoms with E-state index < -0.39 is 67.4 Å². The van der Waals surface area contributed by atoms with E-state index in [1.54, 1.807) is 6.08 Å². The van der Waals surface area contributed by atoms with Crippen LogP contribution in [-0.2, 0) is 23.8 Å². The lowest BCUT2D eigenvalue weighted by atomic mass is 9.99. The van der Waals surface area contributed by atoms with Gasteiger partial charge in [-0.2, -0.15) is 0 Å². The molecule has 8 unspecified atom stereocenters. The topological polar surface area (TPSA) is 175 Å². The van der Waals surface area contributed by atoms with Crippen LogP contribution in [-0.4, -0.2) is 99.6 Å². The molecule has 70 heavy (non-hydrogen) atoms. The van der Waals surface area contributed by atoms with Crippen LogP contribution in [0.2, 0.25) is 0 Å². The average Bonchev–Trinajstić information content (AvgIpc) is 3.36. The number of amides is 1. The average molecular weight is 980 g/mol. The highest BCUT2D eigenvalue weighted by atomic mass is 16.7. The molecule has 1 rings (SSSR count). The van der Waals surface area contributed by atoms with Crippen molar-refractivity contribution >= 4 is 11.9 Å². The number of aliphatic hydroxyl groups is 5. The normalized spacial score (nSPS) is 20.6. The summed E-state index contributed by atoms with van der Waals surface area (Å²) in [5, 5.41) is 56.6. The Bertz CT molecular complexity index is 1550. The molecular weight excluding hydrogens is 883 g/mol. The van der Waals surface area contributed by atoms with Gasteiger partial charge in [-0.05, 0) is 83.5 Å². The van der Waals surface area contributed by atoms with E-state index in [1.165, 1.54) is 44.9 Å². The maximum Gasteiger partial charge on any atom is 0.306 e.